The lowest BCUT2D eigenvalue weighted by atomic mass is 9.34. The summed E-state index contributed by atoms with van der Waals surface area (Å²) in [4.78, 5) is 42.0. The second-order valence-electron chi connectivity index (χ2n) is 15.5. The van der Waals surface area contributed by atoms with Crippen LogP contribution in [0.4, 0.5) is 0 Å². The van der Waals surface area contributed by atoms with Crippen LogP contribution in [-0.2, 0) is 24.5 Å². The molecule has 0 spiro atoms. The molecule has 3 fully saturated rings. The molecule has 1 aromatic rings. The van der Waals surface area contributed by atoms with Crippen LogP contribution in [0.5, 0.6) is 0 Å². The number of nitriles is 1. The summed E-state index contributed by atoms with van der Waals surface area (Å²) in [7, 11) is 1.47. The number of aromatic nitrogens is 2. The highest BCUT2D eigenvalue weighted by Crippen LogP contribution is 2.74. The molecule has 8 heteroatoms. The highest BCUT2D eigenvalue weighted by molar-refractivity contribution is 6.07. The standard InChI is InChI=1S/C34H43N3O5/c1-19-36-37-27(42-19)33(7)23-9-10-31(5)24(30(23,4)16-20(18-35)26(33)39)15-22(38)25-21-17-29(2,3)11-13-34(21,28(40)41-8)14-12-32(25,31)6/h15-16,21,23,25H,9-14,17H2,1-8H3/t21?,23-,25?,30+,31-,32-,33+,34+/m1/s1. The van der Waals surface area contributed by atoms with E-state index in [2.05, 4.69) is 50.9 Å². The van der Waals surface area contributed by atoms with Crippen LogP contribution in [0.25, 0.3) is 0 Å². The highest BCUT2D eigenvalue weighted by Gasteiger charge is 2.72. The van der Waals surface area contributed by atoms with Gasteiger partial charge in [0.2, 0.25) is 11.8 Å². The SMILES string of the molecule is COC(=O)[C@]12CCC(C)(C)CC1C1C(=O)C=C3[C@@]4(C)C=C(C#N)C(=O)[C@@](C)(c5nnc(C)o5)[C@@H]4CC[C@@]3(C)[C@]1(C)CC2. The van der Waals surface area contributed by atoms with E-state index in [4.69, 9.17) is 9.15 Å². The van der Waals surface area contributed by atoms with Gasteiger partial charge in [-0.2, -0.15) is 5.26 Å². The molecule has 0 radical (unpaired) electrons. The molecule has 0 bridgehead atoms. The number of hydrogen-bond donors (Lipinski definition) is 0. The third kappa shape index (κ3) is 3.37. The molecular weight excluding hydrogens is 530 g/mol. The highest BCUT2D eigenvalue weighted by atomic mass is 16.5. The second-order valence-corrected chi connectivity index (χ2v) is 15.5. The van der Waals surface area contributed by atoms with Crippen molar-refractivity contribution in [3.05, 3.63) is 35.1 Å². The topological polar surface area (TPSA) is 123 Å². The number of allylic oxidation sites excluding steroid dienone is 4. The van der Waals surface area contributed by atoms with E-state index in [1.165, 1.54) is 7.11 Å². The predicted octanol–water partition coefficient (Wildman–Crippen LogP) is 6.00. The minimum Gasteiger partial charge on any atom is -0.469 e. The molecule has 0 aliphatic heterocycles. The number of carbonyl (C=O) groups excluding carboxylic acids is 3. The largest absolute Gasteiger partial charge is 0.469 e. The van der Waals surface area contributed by atoms with Crippen LogP contribution in [0.3, 0.4) is 0 Å². The fraction of sp³-hybridized carbons (Fsp3) is 0.706. The number of nitrogens with zero attached hydrogens (tertiary/aromatic N) is 3. The zero-order chi connectivity index (χ0) is 30.7. The van der Waals surface area contributed by atoms with Crippen molar-refractivity contribution in [2.75, 3.05) is 7.11 Å². The molecule has 2 unspecified atom stereocenters. The maximum atomic E-state index is 14.6. The number of fused-ring (bicyclic) bond motifs is 7. The van der Waals surface area contributed by atoms with Crippen molar-refractivity contribution in [3.8, 4) is 6.07 Å². The minimum atomic E-state index is -1.20. The quantitative estimate of drug-likeness (QED) is 0.395. The van der Waals surface area contributed by atoms with Crippen LogP contribution >= 0.6 is 0 Å². The fourth-order valence-electron chi connectivity index (χ4n) is 10.7. The summed E-state index contributed by atoms with van der Waals surface area (Å²) >= 11 is 0. The number of esters is 1. The molecule has 224 valence electrons. The molecule has 8 nitrogen and oxygen atoms in total. The number of hydrogen-bond acceptors (Lipinski definition) is 8. The van der Waals surface area contributed by atoms with Gasteiger partial charge in [-0.15, -0.1) is 10.2 Å². The molecule has 42 heavy (non-hydrogen) atoms. The Kier molecular flexibility index (Phi) is 6.03. The van der Waals surface area contributed by atoms with Gasteiger partial charge >= 0.3 is 5.97 Å². The smallest absolute Gasteiger partial charge is 0.312 e. The average molecular weight is 574 g/mol. The normalized spacial score (nSPS) is 43.9. The molecular formula is C34H43N3O5. The van der Waals surface area contributed by atoms with Crippen molar-refractivity contribution in [3.63, 3.8) is 0 Å². The Bertz CT molecular complexity index is 1510. The first-order valence-electron chi connectivity index (χ1n) is 15.4. The van der Waals surface area contributed by atoms with Gasteiger partial charge in [0.05, 0.1) is 18.1 Å². The summed E-state index contributed by atoms with van der Waals surface area (Å²) < 4.78 is 11.3. The Morgan fingerprint density at radius 2 is 1.74 bits per heavy atom. The Labute approximate surface area is 248 Å². The zero-order valence-electron chi connectivity index (χ0n) is 26.2. The molecule has 0 saturated heterocycles. The lowest BCUT2D eigenvalue weighted by molar-refractivity contribution is -0.190. The van der Waals surface area contributed by atoms with Gasteiger partial charge in [-0.05, 0) is 86.0 Å². The molecule has 5 aliphatic carbocycles. The number of ketones is 2. The van der Waals surface area contributed by atoms with Gasteiger partial charge < -0.3 is 9.15 Å². The monoisotopic (exact) mass is 573 g/mol. The number of ether oxygens (including phenoxy) is 1. The van der Waals surface area contributed by atoms with E-state index in [0.717, 1.165) is 37.7 Å². The van der Waals surface area contributed by atoms with E-state index in [0.29, 0.717) is 18.7 Å². The van der Waals surface area contributed by atoms with E-state index in [1.54, 1.807) is 6.92 Å². The molecule has 0 amide bonds. The van der Waals surface area contributed by atoms with Gasteiger partial charge in [0, 0.05) is 18.3 Å². The van der Waals surface area contributed by atoms with E-state index in [9.17, 15) is 19.6 Å². The second kappa shape index (κ2) is 8.74. The van der Waals surface area contributed by atoms with Crippen molar-refractivity contribution in [2.24, 2.45) is 44.8 Å². The summed E-state index contributed by atoms with van der Waals surface area (Å²) in [5.74, 6) is -0.526. The molecule has 0 aromatic carbocycles. The molecule has 1 heterocycles. The van der Waals surface area contributed by atoms with E-state index in [1.807, 2.05) is 19.1 Å². The Hall–Kier alpha value is -3.08. The van der Waals surface area contributed by atoms with Gasteiger partial charge in [0.25, 0.3) is 0 Å². The zero-order valence-corrected chi connectivity index (χ0v) is 26.2. The van der Waals surface area contributed by atoms with E-state index in [-0.39, 0.29) is 57.6 Å². The van der Waals surface area contributed by atoms with Gasteiger partial charge in [-0.25, -0.2) is 0 Å². The van der Waals surface area contributed by atoms with Crippen LogP contribution in [0.15, 0.2) is 27.7 Å². The third-order valence-electron chi connectivity index (χ3n) is 13.1. The van der Waals surface area contributed by atoms with Gasteiger partial charge in [-0.1, -0.05) is 46.3 Å². The summed E-state index contributed by atoms with van der Waals surface area (Å²) in [5.41, 5.74) is -2.31. The van der Waals surface area contributed by atoms with Crippen molar-refractivity contribution >= 4 is 17.5 Å². The van der Waals surface area contributed by atoms with Crippen molar-refractivity contribution in [2.45, 2.75) is 98.8 Å². The number of rotatable bonds is 2. The van der Waals surface area contributed by atoms with Crippen LogP contribution < -0.4 is 0 Å². The Balaban J connectivity index is 1.54. The van der Waals surface area contributed by atoms with Gasteiger partial charge in [-0.3, -0.25) is 14.4 Å². The van der Waals surface area contributed by atoms with Crippen molar-refractivity contribution in [1.29, 1.82) is 5.26 Å². The first kappa shape index (κ1) is 29.0. The van der Waals surface area contributed by atoms with Crippen LogP contribution in [-0.4, -0.2) is 34.8 Å². The average Bonchev–Trinajstić information content (AvgIpc) is 3.38. The molecule has 5 aliphatic rings. The summed E-state index contributed by atoms with van der Waals surface area (Å²) in [6, 6.07) is 2.16. The summed E-state index contributed by atoms with van der Waals surface area (Å²) in [5, 5.41) is 18.5. The lowest BCUT2D eigenvalue weighted by Gasteiger charge is -2.68. The molecule has 8 atom stereocenters. The number of aryl methyl sites for hydroxylation is 1. The Morgan fingerprint density at radius 1 is 1.05 bits per heavy atom. The first-order valence-corrected chi connectivity index (χ1v) is 15.4. The van der Waals surface area contributed by atoms with Crippen LogP contribution in [0, 0.1) is 63.1 Å². The molecule has 3 saturated carbocycles. The van der Waals surface area contributed by atoms with E-state index < -0.39 is 21.7 Å². The third-order valence-corrected chi connectivity index (χ3v) is 13.1. The van der Waals surface area contributed by atoms with Crippen LogP contribution in [0.1, 0.15) is 98.3 Å². The van der Waals surface area contributed by atoms with Crippen molar-refractivity contribution < 1.29 is 23.5 Å². The van der Waals surface area contributed by atoms with E-state index >= 15 is 0 Å². The number of methoxy groups -OCH3 is 1. The maximum absolute atomic E-state index is 14.6. The Morgan fingerprint density at radius 3 is 2.36 bits per heavy atom. The maximum Gasteiger partial charge on any atom is 0.312 e. The summed E-state index contributed by atoms with van der Waals surface area (Å²) in [6.07, 6.45) is 9.02. The number of carbonyl (C=O) groups is 3. The van der Waals surface area contributed by atoms with Crippen LogP contribution in [0.2, 0.25) is 0 Å². The number of Topliss-reactive ketones (excluding diaryl/α,β-unsaturated/α-hetero) is 1. The van der Waals surface area contributed by atoms with Gasteiger partial charge in [0.1, 0.15) is 11.5 Å². The predicted molar refractivity (Wildman–Crippen MR) is 154 cm³/mol. The lowest BCUT2D eigenvalue weighted by Crippen LogP contribution is -2.66. The summed E-state index contributed by atoms with van der Waals surface area (Å²) in [6.45, 7) is 14.6. The van der Waals surface area contributed by atoms with Gasteiger partial charge in [0.15, 0.2) is 11.6 Å². The van der Waals surface area contributed by atoms with Crippen molar-refractivity contribution in [1.82, 2.24) is 10.2 Å². The first-order chi connectivity index (χ1) is 19.5. The molecule has 1 aromatic heterocycles. The molecule has 0 N–H and O–H groups in total. The fourth-order valence-corrected chi connectivity index (χ4v) is 10.7. The molecule has 6 rings (SSSR count). The minimum absolute atomic E-state index is 0.0213.